The summed E-state index contributed by atoms with van der Waals surface area (Å²) in [5.74, 6) is 5.90. The molecule has 0 aromatic carbocycles. The third-order valence-electron chi connectivity index (χ3n) is 14.7. The van der Waals surface area contributed by atoms with Gasteiger partial charge in [-0.1, -0.05) is 86.5 Å². The topological polar surface area (TPSA) is 86.1 Å². The van der Waals surface area contributed by atoms with Crippen molar-refractivity contribution in [1.82, 2.24) is 19.3 Å². The molecule has 0 saturated heterocycles. The molecule has 280 valence electrons. The Hall–Kier alpha value is -1.90. The molecule has 50 heavy (non-hydrogen) atoms. The second-order valence-corrected chi connectivity index (χ2v) is 18.4. The van der Waals surface area contributed by atoms with E-state index in [1.54, 1.807) is 6.07 Å². The van der Waals surface area contributed by atoms with Crippen molar-refractivity contribution in [2.45, 2.75) is 180 Å². The van der Waals surface area contributed by atoms with E-state index < -0.39 is 6.23 Å². The van der Waals surface area contributed by atoms with Gasteiger partial charge in [0.1, 0.15) is 5.82 Å². The number of anilines is 1. The number of aromatic nitrogens is 3. The van der Waals surface area contributed by atoms with Crippen LogP contribution in [0.3, 0.4) is 0 Å². The fraction of sp³-hybridized carbons (Fsp3) is 0.857. The van der Waals surface area contributed by atoms with Crippen LogP contribution in [0.15, 0.2) is 10.9 Å². The van der Waals surface area contributed by atoms with E-state index in [9.17, 15) is 10.1 Å². The molecule has 2 aromatic rings. The smallest absolute Gasteiger partial charge is 0.260 e. The molecule has 8 heteroatoms. The van der Waals surface area contributed by atoms with Crippen LogP contribution in [0.2, 0.25) is 0 Å². The van der Waals surface area contributed by atoms with Crippen molar-refractivity contribution in [2.24, 2.45) is 35.5 Å². The number of H-pyrrole nitrogens is 1. The largest absolute Gasteiger partial charge is 0.328 e. The van der Waals surface area contributed by atoms with Crippen LogP contribution >= 0.6 is 0 Å². The number of imidazole rings is 1. The Balaban J connectivity index is 1.35. The van der Waals surface area contributed by atoms with E-state index in [2.05, 4.69) is 56.3 Å². The average Bonchev–Trinajstić information content (AvgIpc) is 3.66. The molecule has 8 nitrogen and oxygen atoms in total. The van der Waals surface area contributed by atoms with Gasteiger partial charge in [0.2, 0.25) is 5.78 Å². The molecular weight excluding hydrogens is 622 g/mol. The Morgan fingerprint density at radius 3 is 2.06 bits per heavy atom. The van der Waals surface area contributed by atoms with Crippen LogP contribution in [0.1, 0.15) is 168 Å². The fourth-order valence-corrected chi connectivity index (χ4v) is 12.3. The number of nitrogens with one attached hydrogen (secondary N) is 1. The van der Waals surface area contributed by atoms with Gasteiger partial charge in [-0.25, -0.2) is 19.5 Å². The van der Waals surface area contributed by atoms with E-state index in [1.807, 2.05) is 4.40 Å². The molecule has 5 saturated carbocycles. The molecule has 7 rings (SSSR count). The summed E-state index contributed by atoms with van der Waals surface area (Å²) in [4.78, 5) is 34.4. The van der Waals surface area contributed by atoms with Crippen molar-refractivity contribution in [3.8, 4) is 0 Å². The maximum atomic E-state index is 14.4. The van der Waals surface area contributed by atoms with Crippen molar-refractivity contribution in [3.05, 3.63) is 27.8 Å². The maximum absolute atomic E-state index is 14.4. The zero-order valence-electron chi connectivity index (χ0n) is 32.3. The lowest BCUT2D eigenvalue weighted by molar-refractivity contribution is -0.284. The van der Waals surface area contributed by atoms with Crippen LogP contribution in [0.25, 0.3) is 5.78 Å². The molecule has 0 bridgehead atoms. The molecule has 2 N–H and O–H groups in total. The Morgan fingerprint density at radius 1 is 0.900 bits per heavy atom. The molecule has 0 radical (unpaired) electrons. The van der Waals surface area contributed by atoms with Crippen molar-refractivity contribution < 1.29 is 10.1 Å². The third-order valence-corrected chi connectivity index (χ3v) is 14.7. The molecule has 0 amide bonds. The number of hydrogen-bond donors (Lipinski definition) is 2. The number of hydrogen-bond acceptors (Lipinski definition) is 6. The highest BCUT2D eigenvalue weighted by atomic mass is 17.1. The quantitative estimate of drug-likeness (QED) is 0.147. The molecule has 5 aliphatic rings. The second kappa shape index (κ2) is 15.2. The van der Waals surface area contributed by atoms with Crippen molar-refractivity contribution in [1.29, 1.82) is 0 Å². The summed E-state index contributed by atoms with van der Waals surface area (Å²) in [6.45, 7) is 15.6. The van der Waals surface area contributed by atoms with Gasteiger partial charge in [-0.3, -0.25) is 4.79 Å². The molecule has 8 unspecified atom stereocenters. The van der Waals surface area contributed by atoms with E-state index in [4.69, 9.17) is 9.87 Å². The van der Waals surface area contributed by atoms with E-state index in [-0.39, 0.29) is 17.0 Å². The molecule has 8 atom stereocenters. The number of rotatable bonds is 10. The Bertz CT molecular complexity index is 1460. The number of nitrogens with zero attached hydrogens (tertiary/aromatic N) is 4. The predicted molar refractivity (Wildman–Crippen MR) is 203 cm³/mol. The van der Waals surface area contributed by atoms with Crippen LogP contribution in [-0.4, -0.2) is 55.9 Å². The summed E-state index contributed by atoms with van der Waals surface area (Å²) in [5, 5.41) is 11.2. The summed E-state index contributed by atoms with van der Waals surface area (Å²) in [5.41, 5.74) is 1.72. The van der Waals surface area contributed by atoms with E-state index in [1.165, 1.54) is 70.6 Å². The minimum Gasteiger partial charge on any atom is -0.328 e. The van der Waals surface area contributed by atoms with Crippen molar-refractivity contribution in [2.75, 3.05) is 18.0 Å². The summed E-state index contributed by atoms with van der Waals surface area (Å²) in [7, 11) is 0. The highest BCUT2D eigenvalue weighted by molar-refractivity contribution is 5.57. The lowest BCUT2D eigenvalue weighted by Gasteiger charge is -2.47. The minimum absolute atomic E-state index is 0.0278. The molecule has 2 heterocycles. The van der Waals surface area contributed by atoms with E-state index >= 15 is 0 Å². The number of fused-ring (bicyclic) bond motifs is 4. The monoisotopic (exact) mass is 692 g/mol. The minimum atomic E-state index is -0.510. The first kappa shape index (κ1) is 36.5. The zero-order chi connectivity index (χ0) is 35.2. The Labute approximate surface area is 302 Å². The third kappa shape index (κ3) is 6.84. The van der Waals surface area contributed by atoms with Gasteiger partial charge in [-0.05, 0) is 113 Å². The molecular formula is C42H69N5O3. The van der Waals surface area contributed by atoms with E-state index in [0.29, 0.717) is 29.6 Å². The molecule has 0 aliphatic heterocycles. The van der Waals surface area contributed by atoms with Gasteiger partial charge in [0.05, 0.1) is 5.69 Å². The predicted octanol–water partition coefficient (Wildman–Crippen LogP) is 9.52. The van der Waals surface area contributed by atoms with Crippen molar-refractivity contribution in [3.63, 3.8) is 0 Å². The van der Waals surface area contributed by atoms with Gasteiger partial charge < -0.3 is 14.8 Å². The van der Waals surface area contributed by atoms with E-state index in [0.717, 1.165) is 92.5 Å². The normalized spacial score (nSPS) is 33.0. The lowest BCUT2D eigenvalue weighted by Crippen LogP contribution is -2.54. The van der Waals surface area contributed by atoms with Crippen LogP contribution in [-0.2, 0) is 10.3 Å². The van der Waals surface area contributed by atoms with Crippen molar-refractivity contribution >= 4 is 11.6 Å². The highest BCUT2D eigenvalue weighted by Crippen LogP contribution is 2.59. The van der Waals surface area contributed by atoms with Gasteiger partial charge in [-0.15, -0.1) is 0 Å². The Morgan fingerprint density at radius 2 is 1.50 bits per heavy atom. The molecule has 2 aromatic heterocycles. The maximum Gasteiger partial charge on any atom is 0.260 e. The van der Waals surface area contributed by atoms with Gasteiger partial charge >= 0.3 is 0 Å². The first-order valence-electron chi connectivity index (χ1n) is 21.1. The van der Waals surface area contributed by atoms with Gasteiger partial charge in [-0.2, -0.15) is 0 Å². The summed E-state index contributed by atoms with van der Waals surface area (Å²) in [6, 6.07) is 2.51. The van der Waals surface area contributed by atoms with Crippen LogP contribution in [0, 0.1) is 35.5 Å². The Kier molecular flexibility index (Phi) is 11.1. The lowest BCUT2D eigenvalue weighted by atomic mass is 9.73. The van der Waals surface area contributed by atoms with Crippen LogP contribution in [0.4, 0.5) is 5.82 Å². The molecule has 5 fully saturated rings. The van der Waals surface area contributed by atoms with Gasteiger partial charge in [0.25, 0.3) is 5.56 Å². The highest BCUT2D eigenvalue weighted by Gasteiger charge is 2.52. The summed E-state index contributed by atoms with van der Waals surface area (Å²) >= 11 is 0. The average molecular weight is 692 g/mol. The number of aromatic amines is 1. The van der Waals surface area contributed by atoms with Crippen LogP contribution < -0.4 is 10.5 Å². The fourth-order valence-electron chi connectivity index (χ4n) is 12.3. The first-order chi connectivity index (χ1) is 24.1. The summed E-state index contributed by atoms with van der Waals surface area (Å²) in [6.07, 6.45) is 20.2. The first-order valence-corrected chi connectivity index (χ1v) is 21.1. The molecule has 0 spiro atoms. The summed E-state index contributed by atoms with van der Waals surface area (Å²) < 4.78 is 1.88. The second-order valence-electron chi connectivity index (χ2n) is 18.4. The van der Waals surface area contributed by atoms with Gasteiger partial charge in [0, 0.05) is 35.2 Å². The van der Waals surface area contributed by atoms with Crippen LogP contribution in [0.5, 0.6) is 0 Å². The van der Waals surface area contributed by atoms with Gasteiger partial charge in [0.15, 0.2) is 6.23 Å². The zero-order valence-corrected chi connectivity index (χ0v) is 32.3. The SMILES string of the molecule is CCN(CC)C1CCC(N(c2c(C3CCCCC3)nc3[nH]c(C(C)(C)C)cc(=O)n23)C(CC2C3CCCCC3C3CCCCC32)OO)C(C)C1. The standard InChI is InChI=1S/C42H69N5O3/c1-7-45(8-2)29-22-23-35(27(3)24-29)46(38(50-49)25-34-32-20-14-12-18-30(32)31-19-13-15-21-33(31)34)40-39(28-16-10-9-11-17-28)44-41-43-36(42(4,5)6)26-37(48)47(40)41/h26-35,38,49H,7-25H2,1-6H3,(H,43,44). The molecule has 5 aliphatic carbocycles.